The first-order chi connectivity index (χ1) is 11.8. The zero-order valence-electron chi connectivity index (χ0n) is 14.7. The number of ether oxygens (including phenoxy) is 2. The minimum atomic E-state index is -0.149. The van der Waals surface area contributed by atoms with Gasteiger partial charge in [-0.15, -0.1) is 0 Å². The Labute approximate surface area is 149 Å². The van der Waals surface area contributed by atoms with Gasteiger partial charge in [-0.25, -0.2) is 0 Å². The fourth-order valence-electron chi connectivity index (χ4n) is 2.66. The number of hydrogen-bond donors (Lipinski definition) is 0. The van der Waals surface area contributed by atoms with Crippen molar-refractivity contribution in [2.24, 2.45) is 0 Å². The molecular formula is C20H28O2P2. The standard InChI is InChI=1S/C20H28O2P2/c1-21-13-15-23(19-9-5-3-6-10-19)17-18-24(16-14-22-2)20-11-7-4-8-12-20/h3-12H,13-18H2,1-2H3/t23-,24-/m0/s1. The van der Waals surface area contributed by atoms with E-state index in [9.17, 15) is 0 Å². The van der Waals surface area contributed by atoms with E-state index < -0.39 is 0 Å². The van der Waals surface area contributed by atoms with Gasteiger partial charge in [0.05, 0.1) is 13.2 Å². The number of methoxy groups -OCH3 is 2. The lowest BCUT2D eigenvalue weighted by molar-refractivity contribution is 0.218. The molecule has 0 aliphatic heterocycles. The zero-order chi connectivity index (χ0) is 17.0. The Morgan fingerprint density at radius 2 is 0.958 bits per heavy atom. The van der Waals surface area contributed by atoms with Crippen molar-refractivity contribution in [2.45, 2.75) is 0 Å². The summed E-state index contributed by atoms with van der Waals surface area (Å²) in [5.41, 5.74) is 0. The lowest BCUT2D eigenvalue weighted by Gasteiger charge is -2.23. The van der Waals surface area contributed by atoms with Gasteiger partial charge in [-0.3, -0.25) is 0 Å². The SMILES string of the molecule is COCC[P@@](CC[P@](CCOC)c1ccccc1)c1ccccc1. The molecule has 2 atom stereocenters. The molecule has 0 amide bonds. The maximum atomic E-state index is 5.35. The van der Waals surface area contributed by atoms with Crippen LogP contribution in [0.4, 0.5) is 0 Å². The van der Waals surface area contributed by atoms with Gasteiger partial charge in [0.1, 0.15) is 0 Å². The highest BCUT2D eigenvalue weighted by atomic mass is 31.1. The Bertz CT molecular complexity index is 497. The fourth-order valence-corrected chi connectivity index (χ4v) is 8.07. The van der Waals surface area contributed by atoms with E-state index in [1.807, 2.05) is 0 Å². The minimum Gasteiger partial charge on any atom is -0.384 e. The lowest BCUT2D eigenvalue weighted by Crippen LogP contribution is -2.15. The molecule has 2 aromatic carbocycles. The van der Waals surface area contributed by atoms with E-state index >= 15 is 0 Å². The maximum Gasteiger partial charge on any atom is 0.0504 e. The van der Waals surface area contributed by atoms with Crippen LogP contribution in [0.25, 0.3) is 0 Å². The number of rotatable bonds is 11. The van der Waals surface area contributed by atoms with E-state index in [0.29, 0.717) is 0 Å². The zero-order valence-corrected chi connectivity index (χ0v) is 16.5. The van der Waals surface area contributed by atoms with E-state index in [2.05, 4.69) is 60.7 Å². The summed E-state index contributed by atoms with van der Waals surface area (Å²) in [5, 5.41) is 3.00. The summed E-state index contributed by atoms with van der Waals surface area (Å²) < 4.78 is 10.7. The van der Waals surface area contributed by atoms with Crippen LogP contribution < -0.4 is 10.6 Å². The number of benzene rings is 2. The highest BCUT2D eigenvalue weighted by Crippen LogP contribution is 2.41. The van der Waals surface area contributed by atoms with Crippen molar-refractivity contribution in [3.63, 3.8) is 0 Å². The fraction of sp³-hybridized carbons (Fsp3) is 0.400. The lowest BCUT2D eigenvalue weighted by atomic mass is 10.4. The van der Waals surface area contributed by atoms with Crippen LogP contribution in [0.1, 0.15) is 0 Å². The summed E-state index contributed by atoms with van der Waals surface area (Å²) in [6.07, 6.45) is 4.84. The maximum absolute atomic E-state index is 5.35. The second-order valence-electron chi connectivity index (χ2n) is 5.63. The summed E-state index contributed by atoms with van der Waals surface area (Å²) in [6, 6.07) is 21.9. The van der Waals surface area contributed by atoms with Crippen molar-refractivity contribution in [1.29, 1.82) is 0 Å². The van der Waals surface area contributed by atoms with Gasteiger partial charge in [0, 0.05) is 14.2 Å². The second-order valence-corrected chi connectivity index (χ2v) is 10.6. The molecule has 4 heteroatoms. The van der Waals surface area contributed by atoms with Crippen LogP contribution in [0, 0.1) is 0 Å². The topological polar surface area (TPSA) is 18.5 Å². The van der Waals surface area contributed by atoms with Crippen molar-refractivity contribution in [2.75, 3.05) is 52.1 Å². The third kappa shape index (κ3) is 6.61. The molecule has 130 valence electrons. The van der Waals surface area contributed by atoms with Crippen LogP contribution in [0.15, 0.2) is 60.7 Å². The highest BCUT2D eigenvalue weighted by Gasteiger charge is 2.16. The van der Waals surface area contributed by atoms with Gasteiger partial charge in [-0.05, 0) is 35.3 Å². The highest BCUT2D eigenvalue weighted by molar-refractivity contribution is 7.69. The van der Waals surface area contributed by atoms with Gasteiger partial charge in [0.15, 0.2) is 0 Å². The Morgan fingerprint density at radius 1 is 0.583 bits per heavy atom. The molecule has 24 heavy (non-hydrogen) atoms. The third-order valence-electron chi connectivity index (χ3n) is 4.01. The molecule has 2 rings (SSSR count). The van der Waals surface area contributed by atoms with Crippen LogP contribution in [0.2, 0.25) is 0 Å². The average Bonchev–Trinajstić information content (AvgIpc) is 2.65. The quantitative estimate of drug-likeness (QED) is 0.565. The largest absolute Gasteiger partial charge is 0.384 e. The summed E-state index contributed by atoms with van der Waals surface area (Å²) >= 11 is 0. The van der Waals surface area contributed by atoms with Crippen molar-refractivity contribution < 1.29 is 9.47 Å². The second kappa shape index (κ2) is 11.7. The predicted octanol–water partition coefficient (Wildman–Crippen LogP) is 3.89. The molecule has 0 spiro atoms. The normalized spacial score (nSPS) is 13.6. The molecule has 0 radical (unpaired) electrons. The molecule has 0 aliphatic rings. The van der Waals surface area contributed by atoms with E-state index in [0.717, 1.165) is 25.5 Å². The molecule has 0 unspecified atom stereocenters. The van der Waals surface area contributed by atoms with E-state index in [-0.39, 0.29) is 15.8 Å². The molecule has 2 aromatic rings. The van der Waals surface area contributed by atoms with Gasteiger partial charge >= 0.3 is 0 Å². The summed E-state index contributed by atoms with van der Waals surface area (Å²) in [4.78, 5) is 0. The molecule has 0 saturated carbocycles. The van der Waals surface area contributed by atoms with Gasteiger partial charge < -0.3 is 9.47 Å². The molecule has 0 aliphatic carbocycles. The Balaban J connectivity index is 2.03. The molecule has 0 aromatic heterocycles. The first kappa shape index (κ1) is 19.5. The number of hydrogen-bond acceptors (Lipinski definition) is 2. The van der Waals surface area contributed by atoms with Crippen molar-refractivity contribution in [3.05, 3.63) is 60.7 Å². The molecule has 0 saturated heterocycles. The average molecular weight is 362 g/mol. The van der Waals surface area contributed by atoms with Gasteiger partial charge in [-0.2, -0.15) is 0 Å². The molecule has 2 nitrogen and oxygen atoms in total. The molecule has 0 fully saturated rings. The van der Waals surface area contributed by atoms with Crippen molar-refractivity contribution in [3.8, 4) is 0 Å². The first-order valence-electron chi connectivity index (χ1n) is 8.43. The molecular weight excluding hydrogens is 334 g/mol. The molecule has 0 heterocycles. The Morgan fingerprint density at radius 3 is 1.29 bits per heavy atom. The summed E-state index contributed by atoms with van der Waals surface area (Å²) in [6.45, 7) is 1.70. The molecule has 0 bridgehead atoms. The van der Waals surface area contributed by atoms with Gasteiger partial charge in [-0.1, -0.05) is 76.5 Å². The van der Waals surface area contributed by atoms with Crippen molar-refractivity contribution in [1.82, 2.24) is 0 Å². The monoisotopic (exact) mass is 362 g/mol. The first-order valence-corrected chi connectivity index (χ1v) is 11.9. The molecule has 0 N–H and O–H groups in total. The smallest absolute Gasteiger partial charge is 0.0504 e. The minimum absolute atomic E-state index is 0.149. The van der Waals surface area contributed by atoms with E-state index in [1.54, 1.807) is 14.2 Å². The van der Waals surface area contributed by atoms with Crippen LogP contribution in [0.3, 0.4) is 0 Å². The Hall–Kier alpha value is -0.780. The van der Waals surface area contributed by atoms with Crippen LogP contribution in [-0.2, 0) is 9.47 Å². The predicted molar refractivity (Wildman–Crippen MR) is 109 cm³/mol. The van der Waals surface area contributed by atoms with E-state index in [4.69, 9.17) is 9.47 Å². The van der Waals surface area contributed by atoms with E-state index in [1.165, 1.54) is 22.9 Å². The van der Waals surface area contributed by atoms with Crippen molar-refractivity contribution >= 4 is 26.5 Å². The summed E-state index contributed by atoms with van der Waals surface area (Å²) in [5.74, 6) is 0. The third-order valence-corrected chi connectivity index (χ3v) is 9.39. The van der Waals surface area contributed by atoms with Gasteiger partial charge in [0.25, 0.3) is 0 Å². The summed E-state index contributed by atoms with van der Waals surface area (Å²) in [7, 11) is 3.30. The Kier molecular flexibility index (Phi) is 9.54. The van der Waals surface area contributed by atoms with Crippen LogP contribution in [-0.4, -0.2) is 52.1 Å². The van der Waals surface area contributed by atoms with Gasteiger partial charge in [0.2, 0.25) is 0 Å². The van der Waals surface area contributed by atoms with Crippen LogP contribution in [0.5, 0.6) is 0 Å². The van der Waals surface area contributed by atoms with Crippen LogP contribution >= 0.6 is 15.8 Å².